The lowest BCUT2D eigenvalue weighted by Gasteiger charge is -2.22. The molecule has 0 aromatic heterocycles. The highest BCUT2D eigenvalue weighted by molar-refractivity contribution is 14.1. The van der Waals surface area contributed by atoms with Crippen LogP contribution in [0.1, 0.15) is 30.0 Å². The van der Waals surface area contributed by atoms with E-state index in [4.69, 9.17) is 5.73 Å². The molecular weight excluding hydrogens is 388 g/mol. The summed E-state index contributed by atoms with van der Waals surface area (Å²) in [5, 5.41) is 0. The average molecular weight is 399 g/mol. The predicted octanol–water partition coefficient (Wildman–Crippen LogP) is 3.23. The van der Waals surface area contributed by atoms with Crippen molar-refractivity contribution in [2.75, 3.05) is 0 Å². The average Bonchev–Trinajstić information content (AvgIpc) is 2.09. The van der Waals surface area contributed by atoms with Crippen molar-refractivity contribution in [3.63, 3.8) is 0 Å². The van der Waals surface area contributed by atoms with Gasteiger partial charge < -0.3 is 5.73 Å². The van der Waals surface area contributed by atoms with Crippen LogP contribution in [0.3, 0.4) is 0 Å². The van der Waals surface area contributed by atoms with Gasteiger partial charge in [-0.15, -0.1) is 0 Å². The van der Waals surface area contributed by atoms with E-state index in [1.807, 2.05) is 0 Å². The van der Waals surface area contributed by atoms with Crippen LogP contribution in [0, 0.1) is 7.14 Å². The molecule has 0 radical (unpaired) electrons. The summed E-state index contributed by atoms with van der Waals surface area (Å²) in [7, 11) is 0. The fourth-order valence-corrected chi connectivity index (χ4v) is 2.86. The van der Waals surface area contributed by atoms with Gasteiger partial charge in [-0.1, -0.05) is 0 Å². The summed E-state index contributed by atoms with van der Waals surface area (Å²) in [4.78, 5) is 0. The van der Waals surface area contributed by atoms with Crippen LogP contribution >= 0.6 is 45.2 Å². The van der Waals surface area contributed by atoms with Gasteiger partial charge in [0.25, 0.3) is 0 Å². The Morgan fingerprint density at radius 1 is 1.23 bits per heavy atom. The molecule has 2 rings (SSSR count). The lowest BCUT2D eigenvalue weighted by molar-refractivity contribution is 0.570. The van der Waals surface area contributed by atoms with Crippen LogP contribution in [0.25, 0.3) is 0 Å². The van der Waals surface area contributed by atoms with E-state index in [2.05, 4.69) is 57.3 Å². The van der Waals surface area contributed by atoms with Crippen molar-refractivity contribution < 1.29 is 0 Å². The lowest BCUT2D eigenvalue weighted by atomic mass is 9.88. The van der Waals surface area contributed by atoms with Gasteiger partial charge in [0.1, 0.15) is 0 Å². The fraction of sp³-hybridized carbons (Fsp3) is 0.400. The smallest absolute Gasteiger partial charge is 0.0298 e. The Hall–Kier alpha value is 0.640. The van der Waals surface area contributed by atoms with E-state index in [0.29, 0.717) is 0 Å². The minimum absolute atomic E-state index is 0.272. The molecule has 0 fully saturated rings. The van der Waals surface area contributed by atoms with Crippen molar-refractivity contribution in [2.24, 2.45) is 5.73 Å². The molecule has 0 saturated heterocycles. The summed E-state index contributed by atoms with van der Waals surface area (Å²) in [5.74, 6) is 0. The first-order valence-corrected chi connectivity index (χ1v) is 6.57. The first-order valence-electron chi connectivity index (χ1n) is 4.42. The van der Waals surface area contributed by atoms with Crippen molar-refractivity contribution in [2.45, 2.75) is 25.3 Å². The van der Waals surface area contributed by atoms with E-state index in [0.717, 1.165) is 6.42 Å². The topological polar surface area (TPSA) is 26.0 Å². The maximum absolute atomic E-state index is 6.06. The van der Waals surface area contributed by atoms with E-state index >= 15 is 0 Å². The maximum Gasteiger partial charge on any atom is 0.0298 e. The van der Waals surface area contributed by atoms with Gasteiger partial charge in [0.05, 0.1) is 0 Å². The molecule has 1 aromatic rings. The monoisotopic (exact) mass is 399 g/mol. The van der Waals surface area contributed by atoms with Gasteiger partial charge in [-0.2, -0.15) is 0 Å². The number of rotatable bonds is 0. The third-order valence-corrected chi connectivity index (χ3v) is 5.36. The normalized spacial score (nSPS) is 21.3. The van der Waals surface area contributed by atoms with Crippen molar-refractivity contribution in [3.05, 3.63) is 30.4 Å². The third-order valence-electron chi connectivity index (χ3n) is 2.54. The SMILES string of the molecule is NC1CCCc2cc(I)c(I)cc21. The molecule has 0 aliphatic heterocycles. The number of hydrogen-bond acceptors (Lipinski definition) is 1. The van der Waals surface area contributed by atoms with E-state index < -0.39 is 0 Å². The molecule has 1 aliphatic carbocycles. The summed E-state index contributed by atoms with van der Waals surface area (Å²) < 4.78 is 2.68. The number of hydrogen-bond donors (Lipinski definition) is 1. The van der Waals surface area contributed by atoms with Crippen molar-refractivity contribution in [1.82, 2.24) is 0 Å². The van der Waals surface area contributed by atoms with Gasteiger partial charge in [0.2, 0.25) is 0 Å². The maximum atomic E-state index is 6.06. The molecule has 2 N–H and O–H groups in total. The number of nitrogens with two attached hydrogens (primary N) is 1. The second kappa shape index (κ2) is 4.02. The van der Waals surface area contributed by atoms with Crippen molar-refractivity contribution in [1.29, 1.82) is 0 Å². The van der Waals surface area contributed by atoms with E-state index in [-0.39, 0.29) is 6.04 Å². The number of benzene rings is 1. The highest BCUT2D eigenvalue weighted by Gasteiger charge is 2.17. The van der Waals surface area contributed by atoms with Gasteiger partial charge in [-0.3, -0.25) is 0 Å². The second-order valence-corrected chi connectivity index (χ2v) is 5.79. The van der Waals surface area contributed by atoms with Gasteiger partial charge in [-0.25, -0.2) is 0 Å². The molecule has 1 aromatic carbocycles. The Morgan fingerprint density at radius 2 is 1.92 bits per heavy atom. The molecule has 3 heteroatoms. The highest BCUT2D eigenvalue weighted by atomic mass is 127. The number of aryl methyl sites for hydroxylation is 1. The van der Waals surface area contributed by atoms with Crippen LogP contribution in [0.2, 0.25) is 0 Å². The Bertz CT molecular complexity index is 336. The standard InChI is InChI=1S/C10H11I2N/c11-8-4-6-2-1-3-10(13)7(6)5-9(8)12/h4-5,10H,1-3,13H2. The zero-order valence-electron chi connectivity index (χ0n) is 7.19. The van der Waals surface area contributed by atoms with Crippen LogP contribution in [0.15, 0.2) is 12.1 Å². The Balaban J connectivity index is 2.52. The molecule has 0 amide bonds. The summed E-state index contributed by atoms with van der Waals surface area (Å²) >= 11 is 4.77. The summed E-state index contributed by atoms with van der Waals surface area (Å²) in [6.45, 7) is 0. The Kier molecular flexibility index (Phi) is 3.14. The molecule has 1 aliphatic rings. The quantitative estimate of drug-likeness (QED) is 0.667. The Morgan fingerprint density at radius 3 is 2.69 bits per heavy atom. The largest absolute Gasteiger partial charge is 0.324 e. The molecule has 0 heterocycles. The minimum Gasteiger partial charge on any atom is -0.324 e. The van der Waals surface area contributed by atoms with Crippen LogP contribution in [0.5, 0.6) is 0 Å². The molecular formula is C10H11I2N. The zero-order chi connectivity index (χ0) is 9.42. The summed E-state index contributed by atoms with van der Waals surface area (Å²) in [6, 6.07) is 4.81. The van der Waals surface area contributed by atoms with E-state index in [9.17, 15) is 0 Å². The minimum atomic E-state index is 0.272. The van der Waals surface area contributed by atoms with E-state index in [1.165, 1.54) is 31.1 Å². The zero-order valence-corrected chi connectivity index (χ0v) is 11.5. The van der Waals surface area contributed by atoms with Crippen LogP contribution in [-0.4, -0.2) is 0 Å². The number of fused-ring (bicyclic) bond motifs is 1. The Labute approximate surface area is 106 Å². The number of halogens is 2. The predicted molar refractivity (Wildman–Crippen MR) is 71.7 cm³/mol. The molecule has 0 bridgehead atoms. The van der Waals surface area contributed by atoms with Gasteiger partial charge >= 0.3 is 0 Å². The van der Waals surface area contributed by atoms with Crippen molar-refractivity contribution in [3.8, 4) is 0 Å². The molecule has 0 spiro atoms. The highest BCUT2D eigenvalue weighted by Crippen LogP contribution is 2.31. The van der Waals surface area contributed by atoms with Gasteiger partial charge in [0.15, 0.2) is 0 Å². The van der Waals surface area contributed by atoms with Gasteiger partial charge in [0, 0.05) is 13.2 Å². The fourth-order valence-electron chi connectivity index (χ4n) is 1.83. The van der Waals surface area contributed by atoms with Crippen LogP contribution in [0.4, 0.5) is 0 Å². The first kappa shape index (κ1) is 10.2. The molecule has 1 nitrogen and oxygen atoms in total. The molecule has 1 atom stereocenters. The second-order valence-electron chi connectivity index (χ2n) is 3.46. The molecule has 1 unspecified atom stereocenters. The van der Waals surface area contributed by atoms with E-state index in [1.54, 1.807) is 0 Å². The third kappa shape index (κ3) is 2.02. The molecule has 13 heavy (non-hydrogen) atoms. The van der Waals surface area contributed by atoms with Crippen LogP contribution in [-0.2, 0) is 6.42 Å². The summed E-state index contributed by atoms with van der Waals surface area (Å²) in [5.41, 5.74) is 8.89. The molecule has 0 saturated carbocycles. The van der Waals surface area contributed by atoms with Gasteiger partial charge in [-0.05, 0) is 87.7 Å². The van der Waals surface area contributed by atoms with Crippen LogP contribution < -0.4 is 5.73 Å². The molecule has 70 valence electrons. The summed E-state index contributed by atoms with van der Waals surface area (Å²) in [6.07, 6.45) is 3.59. The lowest BCUT2D eigenvalue weighted by Crippen LogP contribution is -2.17. The first-order chi connectivity index (χ1) is 6.18. The van der Waals surface area contributed by atoms with Crippen molar-refractivity contribution >= 4 is 45.2 Å².